The molecule has 0 bridgehead atoms. The third-order valence-corrected chi connectivity index (χ3v) is 4.22. The van der Waals surface area contributed by atoms with E-state index < -0.39 is 0 Å². The van der Waals surface area contributed by atoms with E-state index >= 15 is 0 Å². The number of benzene rings is 1. The average molecular weight is 351 g/mol. The fraction of sp³-hybridized carbons (Fsp3) is 0.278. The van der Waals surface area contributed by atoms with Gasteiger partial charge >= 0.3 is 0 Å². The van der Waals surface area contributed by atoms with Gasteiger partial charge < -0.3 is 14.2 Å². The molecule has 0 aliphatic carbocycles. The number of para-hydroxylation sites is 1. The van der Waals surface area contributed by atoms with Crippen LogP contribution in [-0.2, 0) is 4.79 Å². The minimum atomic E-state index is -0.0533. The standard InChI is InChI=1S/C18H17N5O3/c1-12(24)23-9-6-13(11-23)25-16-5-3-2-4-14(16)18-21-17(22-26-18)15-10-19-7-8-20-15/h2-5,7-8,10,13H,6,9,11H2,1H3. The molecule has 0 N–H and O–H groups in total. The Morgan fingerprint density at radius 2 is 2.19 bits per heavy atom. The Balaban J connectivity index is 1.57. The molecule has 1 atom stereocenters. The fourth-order valence-electron chi connectivity index (χ4n) is 2.89. The van der Waals surface area contributed by atoms with Gasteiger partial charge in [0.1, 0.15) is 17.5 Å². The van der Waals surface area contributed by atoms with Gasteiger partial charge in [-0.15, -0.1) is 0 Å². The second kappa shape index (κ2) is 6.91. The van der Waals surface area contributed by atoms with Crippen LogP contribution in [0, 0.1) is 0 Å². The molecule has 2 aromatic heterocycles. The second-order valence-corrected chi connectivity index (χ2v) is 6.00. The van der Waals surface area contributed by atoms with E-state index in [0.717, 1.165) is 6.42 Å². The lowest BCUT2D eigenvalue weighted by Crippen LogP contribution is -2.28. The van der Waals surface area contributed by atoms with Crippen LogP contribution in [0.25, 0.3) is 23.0 Å². The molecule has 1 aliphatic heterocycles. The molecule has 1 amide bonds. The minimum Gasteiger partial charge on any atom is -0.488 e. The number of hydrogen-bond acceptors (Lipinski definition) is 7. The van der Waals surface area contributed by atoms with E-state index in [1.54, 1.807) is 30.4 Å². The summed E-state index contributed by atoms with van der Waals surface area (Å²) in [7, 11) is 0. The van der Waals surface area contributed by atoms with Crippen LogP contribution in [-0.4, -0.2) is 50.1 Å². The van der Waals surface area contributed by atoms with E-state index in [4.69, 9.17) is 9.26 Å². The molecule has 132 valence electrons. The summed E-state index contributed by atoms with van der Waals surface area (Å²) in [6.45, 7) is 2.86. The summed E-state index contributed by atoms with van der Waals surface area (Å²) in [6.07, 6.45) is 5.47. The Labute approximate surface area is 149 Å². The van der Waals surface area contributed by atoms with Crippen LogP contribution in [0.5, 0.6) is 5.75 Å². The van der Waals surface area contributed by atoms with Crippen molar-refractivity contribution in [3.63, 3.8) is 0 Å². The topological polar surface area (TPSA) is 94.2 Å². The number of hydrogen-bond donors (Lipinski definition) is 0. The maximum atomic E-state index is 11.5. The highest BCUT2D eigenvalue weighted by Gasteiger charge is 2.27. The van der Waals surface area contributed by atoms with Gasteiger partial charge in [-0.2, -0.15) is 4.98 Å². The van der Waals surface area contributed by atoms with Crippen molar-refractivity contribution < 1.29 is 14.1 Å². The summed E-state index contributed by atoms with van der Waals surface area (Å²) in [4.78, 5) is 25.9. The number of nitrogens with zero attached hydrogens (tertiary/aromatic N) is 5. The number of likely N-dealkylation sites (tertiary alicyclic amines) is 1. The number of carbonyl (C=O) groups excluding carboxylic acids is 1. The molecule has 1 unspecified atom stereocenters. The largest absolute Gasteiger partial charge is 0.488 e. The van der Waals surface area contributed by atoms with Gasteiger partial charge in [0.25, 0.3) is 5.89 Å². The summed E-state index contributed by atoms with van der Waals surface area (Å²) >= 11 is 0. The van der Waals surface area contributed by atoms with Crippen LogP contribution in [0.15, 0.2) is 47.4 Å². The SMILES string of the molecule is CC(=O)N1CCC(Oc2ccccc2-c2nc(-c3cnccn3)no2)C1. The maximum Gasteiger partial charge on any atom is 0.262 e. The highest BCUT2D eigenvalue weighted by molar-refractivity contribution is 5.73. The Bertz CT molecular complexity index is 912. The van der Waals surface area contributed by atoms with Crippen molar-refractivity contribution >= 4 is 5.91 Å². The van der Waals surface area contributed by atoms with Gasteiger partial charge in [-0.25, -0.2) is 4.98 Å². The lowest BCUT2D eigenvalue weighted by molar-refractivity contribution is -0.128. The van der Waals surface area contributed by atoms with Crippen LogP contribution in [0.2, 0.25) is 0 Å². The predicted molar refractivity (Wildman–Crippen MR) is 92.0 cm³/mol. The molecule has 3 aromatic rings. The van der Waals surface area contributed by atoms with Gasteiger partial charge in [-0.3, -0.25) is 9.78 Å². The number of ether oxygens (including phenoxy) is 1. The molecule has 4 rings (SSSR count). The molecule has 1 fully saturated rings. The van der Waals surface area contributed by atoms with Crippen molar-refractivity contribution in [1.29, 1.82) is 0 Å². The normalized spacial score (nSPS) is 16.7. The van der Waals surface area contributed by atoms with Gasteiger partial charge in [0.15, 0.2) is 0 Å². The monoisotopic (exact) mass is 351 g/mol. The first-order chi connectivity index (χ1) is 12.7. The maximum absolute atomic E-state index is 11.5. The first-order valence-corrected chi connectivity index (χ1v) is 8.32. The smallest absolute Gasteiger partial charge is 0.262 e. The fourth-order valence-corrected chi connectivity index (χ4v) is 2.89. The van der Waals surface area contributed by atoms with E-state index in [2.05, 4.69) is 20.1 Å². The van der Waals surface area contributed by atoms with Crippen LogP contribution < -0.4 is 4.74 Å². The molecule has 1 aromatic carbocycles. The Morgan fingerprint density at radius 1 is 1.31 bits per heavy atom. The van der Waals surface area contributed by atoms with Crippen LogP contribution in [0.3, 0.4) is 0 Å². The van der Waals surface area contributed by atoms with E-state index in [-0.39, 0.29) is 12.0 Å². The van der Waals surface area contributed by atoms with Crippen molar-refractivity contribution in [2.24, 2.45) is 0 Å². The first kappa shape index (κ1) is 16.2. The molecule has 1 saturated heterocycles. The van der Waals surface area contributed by atoms with E-state index in [1.807, 2.05) is 24.3 Å². The summed E-state index contributed by atoms with van der Waals surface area (Å²) in [5.41, 5.74) is 1.24. The zero-order valence-corrected chi connectivity index (χ0v) is 14.2. The van der Waals surface area contributed by atoms with Gasteiger partial charge in [-0.1, -0.05) is 17.3 Å². The van der Waals surface area contributed by atoms with Crippen LogP contribution in [0.1, 0.15) is 13.3 Å². The van der Waals surface area contributed by atoms with Crippen LogP contribution in [0.4, 0.5) is 0 Å². The quantitative estimate of drug-likeness (QED) is 0.711. The summed E-state index contributed by atoms with van der Waals surface area (Å²) in [6, 6.07) is 7.49. The molecule has 8 nitrogen and oxygen atoms in total. The molecule has 1 aliphatic rings. The molecule has 0 radical (unpaired) electrons. The van der Waals surface area contributed by atoms with Gasteiger partial charge in [0.05, 0.1) is 18.3 Å². The van der Waals surface area contributed by atoms with Crippen molar-refractivity contribution in [3.8, 4) is 28.7 Å². The third-order valence-electron chi connectivity index (χ3n) is 4.22. The van der Waals surface area contributed by atoms with Crippen LogP contribution >= 0.6 is 0 Å². The Hall–Kier alpha value is -3.29. The number of aromatic nitrogens is 4. The zero-order valence-electron chi connectivity index (χ0n) is 14.2. The molecule has 3 heterocycles. The van der Waals surface area contributed by atoms with E-state index in [9.17, 15) is 4.79 Å². The molecule has 0 spiro atoms. The third kappa shape index (κ3) is 3.26. The molecule has 8 heteroatoms. The Kier molecular flexibility index (Phi) is 4.30. The lowest BCUT2D eigenvalue weighted by atomic mass is 10.2. The van der Waals surface area contributed by atoms with Crippen molar-refractivity contribution in [1.82, 2.24) is 25.0 Å². The van der Waals surface area contributed by atoms with Gasteiger partial charge in [0.2, 0.25) is 11.7 Å². The minimum absolute atomic E-state index is 0.0533. The number of rotatable bonds is 4. The summed E-state index contributed by atoms with van der Waals surface area (Å²) in [5, 5.41) is 3.97. The van der Waals surface area contributed by atoms with E-state index in [1.165, 1.54) is 0 Å². The first-order valence-electron chi connectivity index (χ1n) is 8.32. The highest BCUT2D eigenvalue weighted by Crippen LogP contribution is 2.31. The average Bonchev–Trinajstić information content (AvgIpc) is 3.33. The van der Waals surface area contributed by atoms with Crippen molar-refractivity contribution in [2.45, 2.75) is 19.4 Å². The number of amides is 1. The molecule has 26 heavy (non-hydrogen) atoms. The molecular formula is C18H17N5O3. The van der Waals surface area contributed by atoms with Gasteiger partial charge in [-0.05, 0) is 12.1 Å². The lowest BCUT2D eigenvalue weighted by Gasteiger charge is -2.16. The number of carbonyl (C=O) groups is 1. The molecule has 0 saturated carbocycles. The second-order valence-electron chi connectivity index (χ2n) is 6.00. The summed E-state index contributed by atoms with van der Waals surface area (Å²) < 4.78 is 11.5. The van der Waals surface area contributed by atoms with Gasteiger partial charge in [0, 0.05) is 32.3 Å². The molecular weight excluding hydrogens is 334 g/mol. The Morgan fingerprint density at radius 3 is 2.96 bits per heavy atom. The van der Waals surface area contributed by atoms with Crippen molar-refractivity contribution in [3.05, 3.63) is 42.9 Å². The van der Waals surface area contributed by atoms with E-state index in [0.29, 0.717) is 41.8 Å². The zero-order chi connectivity index (χ0) is 17.9. The van der Waals surface area contributed by atoms with Crippen molar-refractivity contribution in [2.75, 3.05) is 13.1 Å². The highest BCUT2D eigenvalue weighted by atomic mass is 16.5. The predicted octanol–water partition coefficient (Wildman–Crippen LogP) is 2.19. The summed E-state index contributed by atoms with van der Waals surface area (Å²) in [5.74, 6) is 1.43.